The molecular formula is C20H31FN2O5Si. The van der Waals surface area contributed by atoms with E-state index in [4.69, 9.17) is 9.47 Å². The van der Waals surface area contributed by atoms with E-state index in [0.717, 1.165) is 0 Å². The molecule has 1 aliphatic rings. The SMILES string of the molecule is CC(C)(C)OC(=O)N1CCC(Oc2ccc([N+](=O)[O-])c(C[Si](C)(C)C)c2F)CC1. The highest BCUT2D eigenvalue weighted by Crippen LogP contribution is 2.33. The molecule has 1 aromatic carbocycles. The lowest BCUT2D eigenvalue weighted by molar-refractivity contribution is -0.385. The normalized spacial score (nSPS) is 15.9. The lowest BCUT2D eigenvalue weighted by atomic mass is 10.1. The van der Waals surface area contributed by atoms with Crippen LogP contribution in [-0.2, 0) is 10.8 Å². The predicted molar refractivity (Wildman–Crippen MR) is 112 cm³/mol. The molecular weight excluding hydrogens is 395 g/mol. The molecule has 0 aliphatic carbocycles. The van der Waals surface area contributed by atoms with Gasteiger partial charge in [0.05, 0.1) is 10.5 Å². The van der Waals surface area contributed by atoms with Gasteiger partial charge in [0.2, 0.25) is 0 Å². The number of rotatable bonds is 5. The highest BCUT2D eigenvalue weighted by molar-refractivity contribution is 6.75. The van der Waals surface area contributed by atoms with Crippen LogP contribution in [0.4, 0.5) is 14.9 Å². The zero-order chi connectivity index (χ0) is 22.0. The van der Waals surface area contributed by atoms with Crippen molar-refractivity contribution < 1.29 is 23.6 Å². The summed E-state index contributed by atoms with van der Waals surface area (Å²) >= 11 is 0. The zero-order valence-electron chi connectivity index (χ0n) is 18.1. The second-order valence-corrected chi connectivity index (χ2v) is 15.1. The fourth-order valence-corrected chi connectivity index (χ4v) is 4.61. The van der Waals surface area contributed by atoms with Gasteiger partial charge < -0.3 is 14.4 Å². The summed E-state index contributed by atoms with van der Waals surface area (Å²) in [4.78, 5) is 24.6. The first-order valence-electron chi connectivity index (χ1n) is 9.87. The third kappa shape index (κ3) is 6.69. The fraction of sp³-hybridized carbons (Fsp3) is 0.650. The molecule has 29 heavy (non-hydrogen) atoms. The van der Waals surface area contributed by atoms with Crippen molar-refractivity contribution in [1.29, 1.82) is 0 Å². The van der Waals surface area contributed by atoms with Crippen molar-refractivity contribution in [1.82, 2.24) is 4.90 Å². The number of nitrogens with zero attached hydrogens (tertiary/aromatic N) is 2. The summed E-state index contributed by atoms with van der Waals surface area (Å²) in [5, 5.41) is 11.3. The second-order valence-electron chi connectivity index (χ2n) is 9.65. The molecule has 1 fully saturated rings. The number of likely N-dealkylation sites (tertiary alicyclic amines) is 1. The summed E-state index contributed by atoms with van der Waals surface area (Å²) in [5.74, 6) is -0.601. The van der Waals surface area contributed by atoms with Crippen molar-refractivity contribution in [2.75, 3.05) is 13.1 Å². The van der Waals surface area contributed by atoms with Gasteiger partial charge >= 0.3 is 6.09 Å². The van der Waals surface area contributed by atoms with Gasteiger partial charge in [-0.3, -0.25) is 10.1 Å². The number of nitro benzene ring substituents is 1. The number of carbonyl (C=O) groups excluding carboxylic acids is 1. The molecule has 0 aromatic heterocycles. The average molecular weight is 427 g/mol. The maximum atomic E-state index is 15.1. The van der Waals surface area contributed by atoms with Crippen LogP contribution in [0.1, 0.15) is 39.2 Å². The van der Waals surface area contributed by atoms with E-state index < -0.39 is 24.4 Å². The number of amides is 1. The number of halogens is 1. The zero-order valence-corrected chi connectivity index (χ0v) is 19.1. The number of ether oxygens (including phenoxy) is 2. The Hall–Kier alpha value is -2.16. The van der Waals surface area contributed by atoms with Gasteiger partial charge in [0, 0.05) is 40.1 Å². The molecule has 162 valence electrons. The largest absolute Gasteiger partial charge is 0.487 e. The molecule has 9 heteroatoms. The van der Waals surface area contributed by atoms with Crippen molar-refractivity contribution in [3.63, 3.8) is 0 Å². The topological polar surface area (TPSA) is 81.9 Å². The van der Waals surface area contributed by atoms with Crippen LogP contribution in [0, 0.1) is 15.9 Å². The van der Waals surface area contributed by atoms with Crippen LogP contribution in [0.15, 0.2) is 12.1 Å². The Morgan fingerprint density at radius 2 is 1.86 bits per heavy atom. The smallest absolute Gasteiger partial charge is 0.410 e. The maximum absolute atomic E-state index is 15.1. The van der Waals surface area contributed by atoms with Crippen LogP contribution < -0.4 is 4.74 Å². The van der Waals surface area contributed by atoms with Crippen molar-refractivity contribution in [2.24, 2.45) is 0 Å². The molecule has 0 bridgehead atoms. The van der Waals surface area contributed by atoms with Crippen molar-refractivity contribution in [2.45, 2.75) is 71.0 Å². The number of carbonyl (C=O) groups is 1. The lowest BCUT2D eigenvalue weighted by Gasteiger charge is -2.33. The summed E-state index contributed by atoms with van der Waals surface area (Å²) in [5.41, 5.74) is -0.631. The summed E-state index contributed by atoms with van der Waals surface area (Å²) in [6.07, 6.45) is 0.456. The summed E-state index contributed by atoms with van der Waals surface area (Å²) < 4.78 is 26.3. The van der Waals surface area contributed by atoms with Crippen molar-refractivity contribution in [3.8, 4) is 5.75 Å². The Kier molecular flexibility index (Phi) is 6.92. The van der Waals surface area contributed by atoms with Gasteiger partial charge in [-0.25, -0.2) is 9.18 Å². The molecule has 1 aliphatic heterocycles. The lowest BCUT2D eigenvalue weighted by Crippen LogP contribution is -2.44. The third-order valence-electron chi connectivity index (χ3n) is 4.47. The van der Waals surface area contributed by atoms with E-state index in [9.17, 15) is 14.9 Å². The average Bonchev–Trinajstić information content (AvgIpc) is 2.56. The van der Waals surface area contributed by atoms with E-state index in [0.29, 0.717) is 32.0 Å². The van der Waals surface area contributed by atoms with Gasteiger partial charge in [-0.2, -0.15) is 0 Å². The van der Waals surface area contributed by atoms with Gasteiger partial charge in [-0.1, -0.05) is 19.6 Å². The molecule has 1 heterocycles. The van der Waals surface area contributed by atoms with Crippen LogP contribution in [-0.4, -0.2) is 48.8 Å². The molecule has 1 saturated heterocycles. The molecule has 7 nitrogen and oxygen atoms in total. The van der Waals surface area contributed by atoms with Gasteiger partial charge in [-0.15, -0.1) is 0 Å². The van der Waals surface area contributed by atoms with E-state index in [1.165, 1.54) is 12.1 Å². The first kappa shape index (κ1) is 23.1. The molecule has 0 saturated carbocycles. The first-order valence-corrected chi connectivity index (χ1v) is 13.6. The van der Waals surface area contributed by atoms with Crippen molar-refractivity contribution in [3.05, 3.63) is 33.6 Å². The minimum Gasteiger partial charge on any atom is -0.487 e. The van der Waals surface area contributed by atoms with Gasteiger partial charge in [0.1, 0.15) is 11.7 Å². The summed E-state index contributed by atoms with van der Waals surface area (Å²) in [6.45, 7) is 12.5. The minimum atomic E-state index is -1.78. The van der Waals surface area contributed by atoms with Crippen LogP contribution in [0.3, 0.4) is 0 Å². The molecule has 0 radical (unpaired) electrons. The number of benzene rings is 1. The molecule has 0 spiro atoms. The molecule has 2 rings (SSSR count). The molecule has 1 aromatic rings. The van der Waals surface area contributed by atoms with Gasteiger partial charge in [-0.05, 0) is 32.9 Å². The second kappa shape index (κ2) is 8.69. The number of piperidine rings is 1. The first-order chi connectivity index (χ1) is 13.3. The number of nitro groups is 1. The van der Waals surface area contributed by atoms with E-state index in [-0.39, 0.29) is 29.2 Å². The Morgan fingerprint density at radius 3 is 2.34 bits per heavy atom. The summed E-state index contributed by atoms with van der Waals surface area (Å²) in [7, 11) is -1.78. The van der Waals surface area contributed by atoms with Crippen molar-refractivity contribution >= 4 is 19.9 Å². The minimum absolute atomic E-state index is 0.0413. The van der Waals surface area contributed by atoms with E-state index in [1.54, 1.807) is 4.90 Å². The van der Waals surface area contributed by atoms with Crippen LogP contribution in [0.5, 0.6) is 5.75 Å². The fourth-order valence-electron chi connectivity index (χ4n) is 3.21. The summed E-state index contributed by atoms with van der Waals surface area (Å²) in [6, 6.07) is 3.02. The number of hydrogen-bond acceptors (Lipinski definition) is 5. The monoisotopic (exact) mass is 426 g/mol. The Morgan fingerprint density at radius 1 is 1.28 bits per heavy atom. The van der Waals surface area contributed by atoms with Crippen LogP contribution >= 0.6 is 0 Å². The van der Waals surface area contributed by atoms with E-state index >= 15 is 4.39 Å². The van der Waals surface area contributed by atoms with Crippen LogP contribution in [0.25, 0.3) is 0 Å². The quantitative estimate of drug-likeness (QED) is 0.379. The Bertz CT molecular complexity index is 765. The molecule has 1 amide bonds. The third-order valence-corrected chi connectivity index (χ3v) is 5.89. The standard InChI is InChI=1S/C20H31FN2O5Si/c1-20(2,3)28-19(24)22-11-9-14(10-12-22)27-17-8-7-16(23(25)26)15(18(17)21)13-29(4,5)6/h7-8,14H,9-13H2,1-6H3. The van der Waals surface area contributed by atoms with Crippen LogP contribution in [0.2, 0.25) is 19.6 Å². The number of hydrogen-bond donors (Lipinski definition) is 0. The molecule has 0 N–H and O–H groups in total. The predicted octanol–water partition coefficient (Wildman–Crippen LogP) is 4.93. The van der Waals surface area contributed by atoms with E-state index in [1.807, 2.05) is 40.4 Å². The highest BCUT2D eigenvalue weighted by atomic mass is 28.3. The molecule has 0 unspecified atom stereocenters. The Labute approximate surface area is 172 Å². The molecule has 0 atom stereocenters. The van der Waals surface area contributed by atoms with Gasteiger partial charge in [0.25, 0.3) is 5.69 Å². The Balaban J connectivity index is 2.09. The van der Waals surface area contributed by atoms with E-state index in [2.05, 4.69) is 0 Å². The maximum Gasteiger partial charge on any atom is 0.410 e. The van der Waals surface area contributed by atoms with Gasteiger partial charge in [0.15, 0.2) is 11.6 Å². The highest BCUT2D eigenvalue weighted by Gasteiger charge is 2.30.